The van der Waals surface area contributed by atoms with Crippen LogP contribution < -0.4 is 10.8 Å². The zero-order valence-corrected chi connectivity index (χ0v) is 14.3. The van der Waals surface area contributed by atoms with Crippen molar-refractivity contribution >= 4 is 27.3 Å². The molecule has 7 nitrogen and oxygen atoms in total. The quantitative estimate of drug-likeness (QED) is 0.550. The number of thiophene rings is 1. The maximum absolute atomic E-state index is 12.9. The normalized spacial score (nSPS) is 19.1. The minimum Gasteiger partial charge on any atom is -0.313 e. The molecule has 1 amide bonds. The van der Waals surface area contributed by atoms with Gasteiger partial charge in [0.25, 0.3) is 15.9 Å². The highest BCUT2D eigenvalue weighted by Gasteiger charge is 2.38. The Morgan fingerprint density at radius 2 is 2.00 bits per heavy atom. The predicted octanol–water partition coefficient (Wildman–Crippen LogP) is 0.883. The van der Waals surface area contributed by atoms with Crippen LogP contribution in [0.3, 0.4) is 0 Å². The molecular weight excluding hydrogens is 350 g/mol. The topological polar surface area (TPSA) is 98.7 Å². The summed E-state index contributed by atoms with van der Waals surface area (Å²) in [4.78, 5) is 12.6. The maximum atomic E-state index is 12.9. The fraction of sp³-hybridized carbons (Fsp3) is 0.267. The molecule has 1 saturated heterocycles. The van der Waals surface area contributed by atoms with Gasteiger partial charge in [-0.2, -0.15) is 4.31 Å². The van der Waals surface area contributed by atoms with Crippen LogP contribution in [0.25, 0.3) is 10.4 Å². The van der Waals surface area contributed by atoms with E-state index in [4.69, 9.17) is 5.21 Å². The Morgan fingerprint density at radius 3 is 2.71 bits per heavy atom. The van der Waals surface area contributed by atoms with Crippen molar-refractivity contribution in [2.24, 2.45) is 0 Å². The maximum Gasteiger partial charge on any atom is 0.263 e. The lowest BCUT2D eigenvalue weighted by molar-refractivity contribution is -0.133. The molecule has 1 aromatic carbocycles. The van der Waals surface area contributed by atoms with Crippen molar-refractivity contribution in [3.8, 4) is 10.4 Å². The van der Waals surface area contributed by atoms with Crippen LogP contribution in [-0.4, -0.2) is 49.5 Å². The van der Waals surface area contributed by atoms with Gasteiger partial charge in [0.05, 0.1) is 0 Å². The molecule has 1 aliphatic heterocycles. The molecule has 1 fully saturated rings. The number of nitrogens with zero attached hydrogens (tertiary/aromatic N) is 1. The summed E-state index contributed by atoms with van der Waals surface area (Å²) >= 11 is 1.16. The van der Waals surface area contributed by atoms with Crippen molar-refractivity contribution in [2.75, 3.05) is 19.6 Å². The Bertz CT molecular complexity index is 820. The Morgan fingerprint density at radius 1 is 1.25 bits per heavy atom. The summed E-state index contributed by atoms with van der Waals surface area (Å²) in [6.45, 7) is 0.771. The number of nitrogens with one attached hydrogen (secondary N) is 2. The minimum absolute atomic E-state index is 0.155. The third kappa shape index (κ3) is 3.21. The summed E-state index contributed by atoms with van der Waals surface area (Å²) in [6, 6.07) is 11.8. The van der Waals surface area contributed by atoms with Gasteiger partial charge >= 0.3 is 0 Å². The molecule has 1 aliphatic rings. The Balaban J connectivity index is 1.92. The monoisotopic (exact) mass is 367 g/mol. The molecular formula is C15H17N3O4S2. The van der Waals surface area contributed by atoms with Crippen LogP contribution in [0.1, 0.15) is 0 Å². The van der Waals surface area contributed by atoms with Crippen molar-refractivity contribution in [2.45, 2.75) is 10.3 Å². The van der Waals surface area contributed by atoms with Crippen LogP contribution in [0.15, 0.2) is 46.7 Å². The first kappa shape index (κ1) is 17.1. The Labute approximate surface area is 143 Å². The van der Waals surface area contributed by atoms with E-state index in [-0.39, 0.29) is 17.3 Å². The number of sulfonamides is 1. The second-order valence-electron chi connectivity index (χ2n) is 5.30. The van der Waals surface area contributed by atoms with E-state index < -0.39 is 22.0 Å². The van der Waals surface area contributed by atoms with Gasteiger partial charge in [0.2, 0.25) is 0 Å². The number of benzene rings is 1. The largest absolute Gasteiger partial charge is 0.313 e. The summed E-state index contributed by atoms with van der Waals surface area (Å²) < 4.78 is 27.1. The van der Waals surface area contributed by atoms with Crippen molar-refractivity contribution < 1.29 is 18.4 Å². The molecule has 0 radical (unpaired) electrons. The van der Waals surface area contributed by atoms with E-state index >= 15 is 0 Å². The highest BCUT2D eigenvalue weighted by atomic mass is 32.2. The first-order chi connectivity index (χ1) is 11.5. The lowest BCUT2D eigenvalue weighted by Gasteiger charge is -2.33. The molecule has 128 valence electrons. The lowest BCUT2D eigenvalue weighted by Crippen LogP contribution is -2.59. The second-order valence-corrected chi connectivity index (χ2v) is 8.50. The van der Waals surface area contributed by atoms with Crippen molar-refractivity contribution in [3.63, 3.8) is 0 Å². The van der Waals surface area contributed by atoms with E-state index in [1.165, 1.54) is 5.48 Å². The van der Waals surface area contributed by atoms with Gasteiger partial charge in [-0.25, -0.2) is 13.9 Å². The van der Waals surface area contributed by atoms with Gasteiger partial charge in [-0.3, -0.25) is 10.0 Å². The van der Waals surface area contributed by atoms with Gasteiger partial charge in [-0.15, -0.1) is 11.3 Å². The number of piperazine rings is 1. The number of hydrogen-bond donors (Lipinski definition) is 3. The van der Waals surface area contributed by atoms with Gasteiger partial charge in [0.15, 0.2) is 0 Å². The van der Waals surface area contributed by atoms with E-state index in [2.05, 4.69) is 5.32 Å². The average Bonchev–Trinajstić information content (AvgIpc) is 3.13. The number of rotatable bonds is 4. The first-order valence-corrected chi connectivity index (χ1v) is 9.61. The van der Waals surface area contributed by atoms with Crippen LogP contribution in [0.4, 0.5) is 0 Å². The summed E-state index contributed by atoms with van der Waals surface area (Å²) in [5.41, 5.74) is 2.48. The molecule has 24 heavy (non-hydrogen) atoms. The molecule has 0 spiro atoms. The summed E-state index contributed by atoms with van der Waals surface area (Å²) in [7, 11) is -3.81. The van der Waals surface area contributed by atoms with E-state index in [1.807, 2.05) is 30.3 Å². The molecule has 2 heterocycles. The number of hydroxylamine groups is 1. The first-order valence-electron chi connectivity index (χ1n) is 7.36. The van der Waals surface area contributed by atoms with Crippen molar-refractivity contribution in [1.82, 2.24) is 15.1 Å². The fourth-order valence-corrected chi connectivity index (χ4v) is 5.63. The van der Waals surface area contributed by atoms with E-state index in [0.29, 0.717) is 6.54 Å². The van der Waals surface area contributed by atoms with Gasteiger partial charge in [0, 0.05) is 24.5 Å². The van der Waals surface area contributed by atoms with Crippen LogP contribution >= 0.6 is 11.3 Å². The molecule has 3 N–H and O–H groups in total. The molecule has 0 aliphatic carbocycles. The molecule has 0 bridgehead atoms. The second kappa shape index (κ2) is 6.99. The van der Waals surface area contributed by atoms with Gasteiger partial charge in [-0.05, 0) is 17.7 Å². The lowest BCUT2D eigenvalue weighted by atomic mass is 10.2. The SMILES string of the molecule is O=C(NO)C1CNCCN1S(=O)(=O)c1ccc(-c2ccccc2)s1. The number of amides is 1. The van der Waals surface area contributed by atoms with E-state index in [0.717, 1.165) is 26.1 Å². The van der Waals surface area contributed by atoms with Crippen LogP contribution in [0, 0.1) is 0 Å². The molecule has 9 heteroatoms. The third-order valence-electron chi connectivity index (χ3n) is 3.81. The van der Waals surface area contributed by atoms with Gasteiger partial charge in [0.1, 0.15) is 10.3 Å². The minimum atomic E-state index is -3.81. The van der Waals surface area contributed by atoms with Crippen LogP contribution in [-0.2, 0) is 14.8 Å². The standard InChI is InChI=1S/C15H17N3O4S2/c19-15(17-20)12-10-16-8-9-18(12)24(21,22)14-7-6-13(23-14)11-4-2-1-3-5-11/h1-7,12,16,20H,8-10H2,(H,17,19). The predicted molar refractivity (Wildman–Crippen MR) is 90.2 cm³/mol. The third-order valence-corrected chi connectivity index (χ3v) is 7.32. The van der Waals surface area contributed by atoms with Crippen LogP contribution in [0.5, 0.6) is 0 Å². The molecule has 2 aromatic rings. The van der Waals surface area contributed by atoms with Crippen molar-refractivity contribution in [1.29, 1.82) is 0 Å². The van der Waals surface area contributed by atoms with E-state index in [9.17, 15) is 13.2 Å². The fourth-order valence-electron chi connectivity index (χ4n) is 2.60. The number of hydrogen-bond acceptors (Lipinski definition) is 6. The van der Waals surface area contributed by atoms with E-state index in [1.54, 1.807) is 12.1 Å². The molecule has 1 atom stereocenters. The molecule has 1 unspecified atom stereocenters. The zero-order valence-electron chi connectivity index (χ0n) is 12.7. The highest BCUT2D eigenvalue weighted by Crippen LogP contribution is 2.32. The summed E-state index contributed by atoms with van der Waals surface area (Å²) in [6.07, 6.45) is 0. The van der Waals surface area contributed by atoms with Gasteiger partial charge in [-0.1, -0.05) is 30.3 Å². The average molecular weight is 367 g/mol. The molecule has 1 aromatic heterocycles. The number of carbonyl (C=O) groups is 1. The smallest absolute Gasteiger partial charge is 0.263 e. The van der Waals surface area contributed by atoms with Gasteiger partial charge < -0.3 is 5.32 Å². The van der Waals surface area contributed by atoms with Crippen LogP contribution in [0.2, 0.25) is 0 Å². The Kier molecular flexibility index (Phi) is 4.97. The number of carbonyl (C=O) groups excluding carboxylic acids is 1. The van der Waals surface area contributed by atoms with Crippen molar-refractivity contribution in [3.05, 3.63) is 42.5 Å². The Hall–Kier alpha value is -1.78. The zero-order chi connectivity index (χ0) is 17.2. The molecule has 0 saturated carbocycles. The molecule has 3 rings (SSSR count). The highest BCUT2D eigenvalue weighted by molar-refractivity contribution is 7.91. The summed E-state index contributed by atoms with van der Waals surface area (Å²) in [5, 5.41) is 11.8. The summed E-state index contributed by atoms with van der Waals surface area (Å²) in [5.74, 6) is -0.745.